The normalized spacial score (nSPS) is 17.6. The van der Waals surface area contributed by atoms with Gasteiger partial charge in [-0.25, -0.2) is 0 Å². The van der Waals surface area contributed by atoms with E-state index in [4.69, 9.17) is 44.9 Å². The van der Waals surface area contributed by atoms with Gasteiger partial charge in [0.25, 0.3) is 5.91 Å². The number of hydrogen-bond donors (Lipinski definition) is 1. The number of ether oxygens (including phenoxy) is 2. The van der Waals surface area contributed by atoms with Gasteiger partial charge < -0.3 is 14.8 Å². The fourth-order valence-corrected chi connectivity index (χ4v) is 3.93. The van der Waals surface area contributed by atoms with Gasteiger partial charge >= 0.3 is 0 Å². The molecule has 29 heavy (non-hydrogen) atoms. The van der Waals surface area contributed by atoms with Gasteiger partial charge in [0.1, 0.15) is 23.8 Å². The van der Waals surface area contributed by atoms with E-state index in [0.717, 1.165) is 24.0 Å². The highest BCUT2D eigenvalue weighted by atomic mass is 35.5. The van der Waals surface area contributed by atoms with Crippen molar-refractivity contribution in [2.24, 2.45) is 0 Å². The molecular weight excluding hydrogens is 431 g/mol. The third-order valence-corrected chi connectivity index (χ3v) is 5.54. The van der Waals surface area contributed by atoms with Crippen LogP contribution in [0.15, 0.2) is 42.1 Å². The SMILES string of the molecule is COc1ccc(/C=C2/NC(=S)N(C3CC3)C2=O)cc1COc1ccc(Cl)cc1Cl. The van der Waals surface area contributed by atoms with E-state index in [-0.39, 0.29) is 18.6 Å². The molecule has 0 aromatic heterocycles. The van der Waals surface area contributed by atoms with E-state index in [1.54, 1.807) is 36.3 Å². The van der Waals surface area contributed by atoms with Crippen LogP contribution in [-0.2, 0) is 11.4 Å². The smallest absolute Gasteiger partial charge is 0.276 e. The van der Waals surface area contributed by atoms with Gasteiger partial charge in [-0.2, -0.15) is 0 Å². The Bertz CT molecular complexity index is 1020. The highest BCUT2D eigenvalue weighted by Crippen LogP contribution is 2.32. The fraction of sp³-hybridized carbons (Fsp3) is 0.238. The van der Waals surface area contributed by atoms with E-state index >= 15 is 0 Å². The Hall–Kier alpha value is -2.28. The molecule has 0 radical (unpaired) electrons. The molecule has 2 aliphatic rings. The zero-order valence-corrected chi connectivity index (χ0v) is 17.9. The summed E-state index contributed by atoms with van der Waals surface area (Å²) in [5, 5.41) is 4.47. The van der Waals surface area contributed by atoms with Gasteiger partial charge in [-0.15, -0.1) is 0 Å². The second kappa shape index (κ2) is 8.22. The number of nitrogens with zero attached hydrogens (tertiary/aromatic N) is 1. The topological polar surface area (TPSA) is 50.8 Å². The molecule has 1 amide bonds. The standard InChI is InChI=1S/C21H18Cl2N2O3S/c1-27-18-6-2-12(9-17-20(26)25(15-4-5-15)21(29)24-17)8-13(18)11-28-19-7-3-14(22)10-16(19)23/h2-3,6-10,15H,4-5,11H2,1H3,(H,24,29)/b17-9+. The van der Waals surface area contributed by atoms with Gasteiger partial charge in [0.05, 0.1) is 12.1 Å². The average Bonchev–Trinajstić information content (AvgIpc) is 3.47. The maximum Gasteiger partial charge on any atom is 0.276 e. The van der Waals surface area contributed by atoms with Crippen molar-refractivity contribution in [3.05, 3.63) is 63.3 Å². The first-order valence-corrected chi connectivity index (χ1v) is 10.2. The lowest BCUT2D eigenvalue weighted by Crippen LogP contribution is -2.32. The summed E-state index contributed by atoms with van der Waals surface area (Å²) in [7, 11) is 1.60. The molecule has 1 heterocycles. The van der Waals surface area contributed by atoms with Crippen molar-refractivity contribution >= 4 is 52.5 Å². The number of thiocarbonyl (C=S) groups is 1. The highest BCUT2D eigenvalue weighted by molar-refractivity contribution is 7.80. The van der Waals surface area contributed by atoms with Crippen LogP contribution in [0.3, 0.4) is 0 Å². The highest BCUT2D eigenvalue weighted by Gasteiger charge is 2.41. The van der Waals surface area contributed by atoms with Crippen LogP contribution >= 0.6 is 35.4 Å². The quantitative estimate of drug-likeness (QED) is 0.507. The van der Waals surface area contributed by atoms with Gasteiger partial charge in [0, 0.05) is 16.6 Å². The number of halogens is 2. The maximum absolute atomic E-state index is 12.6. The molecule has 0 spiro atoms. The van der Waals surface area contributed by atoms with E-state index in [2.05, 4.69) is 5.32 Å². The lowest BCUT2D eigenvalue weighted by molar-refractivity contribution is -0.122. The number of nitrogens with one attached hydrogen (secondary N) is 1. The molecule has 0 bridgehead atoms. The average molecular weight is 449 g/mol. The maximum atomic E-state index is 12.6. The van der Waals surface area contributed by atoms with Crippen LogP contribution in [0.2, 0.25) is 10.0 Å². The summed E-state index contributed by atoms with van der Waals surface area (Å²) in [6.07, 6.45) is 3.78. The van der Waals surface area contributed by atoms with Crippen LogP contribution < -0.4 is 14.8 Å². The Morgan fingerprint density at radius 2 is 1.97 bits per heavy atom. The van der Waals surface area contributed by atoms with Crippen LogP contribution in [-0.4, -0.2) is 29.1 Å². The fourth-order valence-electron chi connectivity index (χ4n) is 3.13. The third-order valence-electron chi connectivity index (χ3n) is 4.71. The first-order chi connectivity index (χ1) is 14.0. The van der Waals surface area contributed by atoms with Crippen molar-refractivity contribution < 1.29 is 14.3 Å². The lowest BCUT2D eigenvalue weighted by Gasteiger charge is -2.12. The number of carbonyl (C=O) groups excluding carboxylic acids is 1. The van der Waals surface area contributed by atoms with Crippen molar-refractivity contribution in [1.29, 1.82) is 0 Å². The van der Waals surface area contributed by atoms with Crippen LogP contribution in [0.25, 0.3) is 6.08 Å². The van der Waals surface area contributed by atoms with Crippen molar-refractivity contribution in [2.45, 2.75) is 25.5 Å². The number of rotatable bonds is 6. The van der Waals surface area contributed by atoms with Crippen molar-refractivity contribution in [2.75, 3.05) is 7.11 Å². The first kappa shape index (κ1) is 20.0. The third kappa shape index (κ3) is 4.34. The molecule has 0 unspecified atom stereocenters. The van der Waals surface area contributed by atoms with E-state index in [0.29, 0.717) is 32.4 Å². The lowest BCUT2D eigenvalue weighted by atomic mass is 10.1. The number of amides is 1. The molecule has 1 saturated heterocycles. The van der Waals surface area contributed by atoms with Crippen LogP contribution in [0.4, 0.5) is 0 Å². The van der Waals surface area contributed by atoms with E-state index < -0.39 is 0 Å². The van der Waals surface area contributed by atoms with Crippen molar-refractivity contribution in [1.82, 2.24) is 10.2 Å². The van der Waals surface area contributed by atoms with Gasteiger partial charge in [-0.05, 0) is 67.0 Å². The van der Waals surface area contributed by atoms with Crippen LogP contribution in [0.5, 0.6) is 11.5 Å². The summed E-state index contributed by atoms with van der Waals surface area (Å²) in [6.45, 7) is 0.246. The van der Waals surface area contributed by atoms with Crippen LogP contribution in [0.1, 0.15) is 24.0 Å². The summed E-state index contributed by atoms with van der Waals surface area (Å²) in [5.41, 5.74) is 2.13. The Labute approximate surface area is 184 Å². The second-order valence-electron chi connectivity index (χ2n) is 6.83. The summed E-state index contributed by atoms with van der Waals surface area (Å²) < 4.78 is 11.3. The molecule has 4 rings (SSSR count). The van der Waals surface area contributed by atoms with Gasteiger partial charge in [-0.1, -0.05) is 29.3 Å². The summed E-state index contributed by atoms with van der Waals surface area (Å²) >= 11 is 17.4. The minimum atomic E-state index is -0.0842. The summed E-state index contributed by atoms with van der Waals surface area (Å²) in [6, 6.07) is 10.9. The van der Waals surface area contributed by atoms with E-state index in [9.17, 15) is 4.79 Å². The Kier molecular flexibility index (Phi) is 5.67. The Balaban J connectivity index is 1.55. The zero-order valence-electron chi connectivity index (χ0n) is 15.6. The second-order valence-corrected chi connectivity index (χ2v) is 8.06. The number of hydrogen-bond acceptors (Lipinski definition) is 4. The summed E-state index contributed by atoms with van der Waals surface area (Å²) in [4.78, 5) is 14.3. The predicted molar refractivity (Wildman–Crippen MR) is 117 cm³/mol. The van der Waals surface area contributed by atoms with Gasteiger partial charge in [0.2, 0.25) is 0 Å². The van der Waals surface area contributed by atoms with E-state index in [1.807, 2.05) is 18.2 Å². The monoisotopic (exact) mass is 448 g/mol. The molecular formula is C21H18Cl2N2O3S. The molecule has 1 aliphatic heterocycles. The molecule has 150 valence electrons. The van der Waals surface area contributed by atoms with Crippen LogP contribution in [0, 0.1) is 0 Å². The Morgan fingerprint density at radius 1 is 1.21 bits per heavy atom. The molecule has 2 aromatic rings. The molecule has 1 N–H and O–H groups in total. The predicted octanol–water partition coefficient (Wildman–Crippen LogP) is 4.80. The van der Waals surface area contributed by atoms with Crippen molar-refractivity contribution in [3.63, 3.8) is 0 Å². The molecule has 8 heteroatoms. The number of carbonyl (C=O) groups is 1. The Morgan fingerprint density at radius 3 is 2.66 bits per heavy atom. The molecule has 1 aliphatic carbocycles. The summed E-state index contributed by atoms with van der Waals surface area (Å²) in [5.74, 6) is 1.12. The molecule has 5 nitrogen and oxygen atoms in total. The molecule has 2 fully saturated rings. The molecule has 0 atom stereocenters. The van der Waals surface area contributed by atoms with Gasteiger partial charge in [-0.3, -0.25) is 9.69 Å². The molecule has 2 aromatic carbocycles. The first-order valence-electron chi connectivity index (χ1n) is 9.07. The number of methoxy groups -OCH3 is 1. The molecule has 1 saturated carbocycles. The minimum Gasteiger partial charge on any atom is -0.496 e. The number of benzene rings is 2. The van der Waals surface area contributed by atoms with Gasteiger partial charge in [0.15, 0.2) is 5.11 Å². The van der Waals surface area contributed by atoms with E-state index in [1.165, 1.54) is 0 Å². The minimum absolute atomic E-state index is 0.0842. The zero-order chi connectivity index (χ0) is 20.5. The van der Waals surface area contributed by atoms with Crippen molar-refractivity contribution in [3.8, 4) is 11.5 Å². The largest absolute Gasteiger partial charge is 0.496 e.